The van der Waals surface area contributed by atoms with Gasteiger partial charge in [-0.3, -0.25) is 4.79 Å². The van der Waals surface area contributed by atoms with Crippen LogP contribution in [0.1, 0.15) is 38.8 Å². The average molecular weight is 407 g/mol. The Morgan fingerprint density at radius 1 is 1.26 bits per heavy atom. The second-order valence-corrected chi connectivity index (χ2v) is 7.20. The lowest BCUT2D eigenvalue weighted by molar-refractivity contribution is -0.118. The third-order valence-electron chi connectivity index (χ3n) is 3.75. The summed E-state index contributed by atoms with van der Waals surface area (Å²) < 4.78 is 10.5. The highest BCUT2D eigenvalue weighted by Crippen LogP contribution is 2.33. The number of benzene rings is 1. The van der Waals surface area contributed by atoms with E-state index in [1.54, 1.807) is 26.0 Å². The largest absolute Gasteiger partial charge is 0.484 e. The van der Waals surface area contributed by atoms with Crippen molar-refractivity contribution < 1.29 is 19.1 Å². The van der Waals surface area contributed by atoms with Gasteiger partial charge in [0.2, 0.25) is 0 Å². The van der Waals surface area contributed by atoms with Gasteiger partial charge >= 0.3 is 5.97 Å². The predicted molar refractivity (Wildman–Crippen MR) is 105 cm³/mol. The average Bonchev–Trinajstić information content (AvgIpc) is 2.93. The molecule has 2 rings (SSSR count). The first-order chi connectivity index (χ1) is 12.8. The Hall–Kier alpha value is -2.56. The van der Waals surface area contributed by atoms with E-state index in [-0.39, 0.29) is 18.8 Å². The molecule has 0 spiro atoms. The lowest BCUT2D eigenvalue weighted by atomic mass is 10.1. The normalized spacial score (nSPS) is 10.2. The minimum Gasteiger partial charge on any atom is -0.484 e. The highest BCUT2D eigenvalue weighted by molar-refractivity contribution is 7.18. The summed E-state index contributed by atoms with van der Waals surface area (Å²) in [7, 11) is 0. The number of hydrogen-bond acceptors (Lipinski definition) is 6. The van der Waals surface area contributed by atoms with E-state index in [1.807, 2.05) is 19.9 Å². The second kappa shape index (κ2) is 8.89. The molecule has 0 bridgehead atoms. The van der Waals surface area contributed by atoms with E-state index in [4.69, 9.17) is 21.1 Å². The smallest absolute Gasteiger partial charge is 0.348 e. The lowest BCUT2D eigenvalue weighted by Gasteiger charge is -2.10. The zero-order valence-electron chi connectivity index (χ0n) is 15.4. The molecule has 0 saturated carbocycles. The highest BCUT2D eigenvalue weighted by atomic mass is 35.5. The van der Waals surface area contributed by atoms with Crippen LogP contribution in [0, 0.1) is 32.1 Å². The quantitative estimate of drug-likeness (QED) is 0.718. The molecule has 142 valence electrons. The summed E-state index contributed by atoms with van der Waals surface area (Å²) in [6.07, 6.45) is 0. The van der Waals surface area contributed by atoms with Crippen molar-refractivity contribution in [1.29, 1.82) is 5.26 Å². The zero-order valence-corrected chi connectivity index (χ0v) is 17.0. The number of nitrogens with one attached hydrogen (secondary N) is 1. The van der Waals surface area contributed by atoms with Gasteiger partial charge in [-0.1, -0.05) is 11.6 Å². The van der Waals surface area contributed by atoms with Crippen molar-refractivity contribution >= 4 is 39.8 Å². The molecular weight excluding hydrogens is 388 g/mol. The van der Waals surface area contributed by atoms with Gasteiger partial charge in [0.15, 0.2) is 6.61 Å². The van der Waals surface area contributed by atoms with E-state index in [0.29, 0.717) is 26.2 Å². The van der Waals surface area contributed by atoms with Crippen LogP contribution >= 0.6 is 22.9 Å². The van der Waals surface area contributed by atoms with Crippen molar-refractivity contribution in [3.05, 3.63) is 44.3 Å². The van der Waals surface area contributed by atoms with Crippen molar-refractivity contribution in [2.45, 2.75) is 27.7 Å². The Balaban J connectivity index is 2.11. The molecule has 6 nitrogen and oxygen atoms in total. The fourth-order valence-corrected chi connectivity index (χ4v) is 3.60. The van der Waals surface area contributed by atoms with Gasteiger partial charge < -0.3 is 14.8 Å². The molecule has 1 aromatic heterocycles. The number of carbonyl (C=O) groups is 2. The highest BCUT2D eigenvalue weighted by Gasteiger charge is 2.22. The molecule has 0 aliphatic carbocycles. The van der Waals surface area contributed by atoms with Crippen LogP contribution < -0.4 is 10.1 Å². The van der Waals surface area contributed by atoms with Gasteiger partial charge in [-0.15, -0.1) is 11.3 Å². The number of thiophene rings is 1. The molecule has 0 radical (unpaired) electrons. The molecule has 0 atom stereocenters. The third-order valence-corrected chi connectivity index (χ3v) is 5.54. The lowest BCUT2D eigenvalue weighted by Crippen LogP contribution is -2.20. The van der Waals surface area contributed by atoms with Crippen LogP contribution in [0.5, 0.6) is 5.75 Å². The van der Waals surface area contributed by atoms with Crippen molar-refractivity contribution in [2.24, 2.45) is 0 Å². The molecule has 1 aromatic carbocycles. The predicted octanol–water partition coefficient (Wildman–Crippen LogP) is 4.39. The first kappa shape index (κ1) is 20.7. The third kappa shape index (κ3) is 4.79. The van der Waals surface area contributed by atoms with Gasteiger partial charge in [0.05, 0.1) is 12.2 Å². The molecule has 0 saturated heterocycles. The molecule has 0 aliphatic rings. The van der Waals surface area contributed by atoms with Gasteiger partial charge in [0, 0.05) is 5.02 Å². The molecule has 0 unspecified atom stereocenters. The molecule has 0 aliphatic heterocycles. The number of ether oxygens (including phenoxy) is 2. The van der Waals surface area contributed by atoms with Crippen LogP contribution in [0.2, 0.25) is 5.02 Å². The maximum Gasteiger partial charge on any atom is 0.348 e. The van der Waals surface area contributed by atoms with Gasteiger partial charge in [-0.2, -0.15) is 5.26 Å². The first-order valence-electron chi connectivity index (χ1n) is 8.18. The van der Waals surface area contributed by atoms with Crippen LogP contribution in [-0.4, -0.2) is 25.1 Å². The number of carbonyl (C=O) groups excluding carboxylic acids is 2. The number of nitrogens with zero attached hydrogens (tertiary/aromatic N) is 1. The van der Waals surface area contributed by atoms with Gasteiger partial charge in [0.25, 0.3) is 5.91 Å². The van der Waals surface area contributed by atoms with Crippen LogP contribution in [0.3, 0.4) is 0 Å². The fraction of sp³-hybridized carbons (Fsp3) is 0.316. The maximum absolute atomic E-state index is 12.2. The van der Waals surface area contributed by atoms with Crippen LogP contribution in [0.4, 0.5) is 5.00 Å². The Kier molecular flexibility index (Phi) is 6.83. The molecule has 1 heterocycles. The van der Waals surface area contributed by atoms with Crippen molar-refractivity contribution in [2.75, 3.05) is 18.5 Å². The summed E-state index contributed by atoms with van der Waals surface area (Å²) >= 11 is 7.13. The Labute approximate surface area is 166 Å². The zero-order chi connectivity index (χ0) is 20.1. The van der Waals surface area contributed by atoms with Crippen molar-refractivity contribution in [3.63, 3.8) is 0 Å². The summed E-state index contributed by atoms with van der Waals surface area (Å²) in [5.41, 5.74) is 2.44. The van der Waals surface area contributed by atoms with E-state index in [1.165, 1.54) is 0 Å². The summed E-state index contributed by atoms with van der Waals surface area (Å²) in [4.78, 5) is 24.5. The number of amides is 1. The van der Waals surface area contributed by atoms with Gasteiger partial charge in [-0.05, 0) is 56.5 Å². The van der Waals surface area contributed by atoms with E-state index < -0.39 is 11.9 Å². The monoisotopic (exact) mass is 406 g/mol. The summed E-state index contributed by atoms with van der Waals surface area (Å²) in [5, 5.41) is 12.9. The standard InChI is InChI=1S/C19H19ClN2O4S/c1-5-25-19(24)17-12(4)14(8-21)18(27-17)22-15(23)9-26-13-6-10(2)16(20)11(3)7-13/h6-7H,5,9H2,1-4H3,(H,22,23). The van der Waals surface area contributed by atoms with Crippen molar-refractivity contribution in [1.82, 2.24) is 0 Å². The van der Waals surface area contributed by atoms with Crippen LogP contribution in [0.15, 0.2) is 12.1 Å². The maximum atomic E-state index is 12.2. The SMILES string of the molecule is CCOC(=O)c1sc(NC(=O)COc2cc(C)c(Cl)c(C)c2)c(C#N)c1C. The van der Waals surface area contributed by atoms with Gasteiger partial charge in [-0.25, -0.2) is 4.79 Å². The Morgan fingerprint density at radius 2 is 1.89 bits per heavy atom. The molecule has 1 amide bonds. The van der Waals surface area contributed by atoms with E-state index in [2.05, 4.69) is 5.32 Å². The Bertz CT molecular complexity index is 908. The minimum atomic E-state index is -0.514. The first-order valence-corrected chi connectivity index (χ1v) is 9.37. The molecule has 1 N–H and O–H groups in total. The topological polar surface area (TPSA) is 88.4 Å². The fourth-order valence-electron chi connectivity index (χ4n) is 2.43. The van der Waals surface area contributed by atoms with Gasteiger partial charge in [0.1, 0.15) is 21.7 Å². The number of nitriles is 1. The van der Waals surface area contributed by atoms with Crippen LogP contribution in [0.25, 0.3) is 0 Å². The molecule has 2 aromatic rings. The van der Waals surface area contributed by atoms with E-state index in [0.717, 1.165) is 22.5 Å². The summed E-state index contributed by atoms with van der Waals surface area (Å²) in [5.74, 6) is -0.423. The molecule has 27 heavy (non-hydrogen) atoms. The van der Waals surface area contributed by atoms with Crippen molar-refractivity contribution in [3.8, 4) is 11.8 Å². The number of halogens is 1. The van der Waals surface area contributed by atoms with E-state index >= 15 is 0 Å². The van der Waals surface area contributed by atoms with Crippen LogP contribution in [-0.2, 0) is 9.53 Å². The molecular formula is C19H19ClN2O4S. The van der Waals surface area contributed by atoms with E-state index in [9.17, 15) is 14.9 Å². The summed E-state index contributed by atoms with van der Waals surface area (Å²) in [6.45, 7) is 7.04. The number of hydrogen-bond donors (Lipinski definition) is 1. The number of aryl methyl sites for hydroxylation is 2. The Morgan fingerprint density at radius 3 is 2.44 bits per heavy atom. The molecule has 8 heteroatoms. The number of esters is 1. The number of anilines is 1. The second-order valence-electron chi connectivity index (χ2n) is 5.80. The minimum absolute atomic E-state index is 0.230. The summed E-state index contributed by atoms with van der Waals surface area (Å²) in [6, 6.07) is 5.51. The molecule has 0 fully saturated rings. The number of rotatable bonds is 6.